The number of nitrogens with zero attached hydrogens (tertiary/aromatic N) is 2. The highest BCUT2D eigenvalue weighted by Gasteiger charge is 2.54. The SMILES string of the molecule is CC(C)C1=C([C@H](O)CC/C(=C/c2cccc(O)c2)c2ccccn2)[C@H](CO)[C@@H]2C(=O)N(CCCCCC(=O)O)C(=O)[C@@H]2C1. The number of pyridine rings is 1. The number of hydrogen-bond donors (Lipinski definition) is 4. The average Bonchev–Trinajstić information content (AvgIpc) is 3.22. The lowest BCUT2D eigenvalue weighted by Crippen LogP contribution is -2.40. The van der Waals surface area contributed by atoms with Crippen molar-refractivity contribution >= 4 is 29.4 Å². The first-order valence-electron chi connectivity index (χ1n) is 15.1. The van der Waals surface area contributed by atoms with Gasteiger partial charge in [-0.3, -0.25) is 24.3 Å². The summed E-state index contributed by atoms with van der Waals surface area (Å²) in [6, 6.07) is 12.5. The molecule has 2 aliphatic rings. The number of phenols is 1. The van der Waals surface area contributed by atoms with Crippen molar-refractivity contribution in [3.8, 4) is 5.75 Å². The zero-order valence-electron chi connectivity index (χ0n) is 24.9. The summed E-state index contributed by atoms with van der Waals surface area (Å²) < 4.78 is 0. The van der Waals surface area contributed by atoms with E-state index in [0.717, 1.165) is 22.4 Å². The van der Waals surface area contributed by atoms with Gasteiger partial charge in [0, 0.05) is 25.1 Å². The van der Waals surface area contributed by atoms with Gasteiger partial charge in [-0.15, -0.1) is 0 Å². The number of fused-ring (bicyclic) bond motifs is 1. The Morgan fingerprint density at radius 1 is 1.07 bits per heavy atom. The molecule has 1 fully saturated rings. The summed E-state index contributed by atoms with van der Waals surface area (Å²) in [6.07, 6.45) is 5.45. The Morgan fingerprint density at radius 2 is 1.86 bits per heavy atom. The predicted octanol–water partition coefficient (Wildman–Crippen LogP) is 4.68. The molecule has 1 saturated heterocycles. The second kappa shape index (κ2) is 14.6. The molecular weight excluding hydrogens is 548 g/mol. The van der Waals surface area contributed by atoms with E-state index in [9.17, 15) is 29.7 Å². The maximum atomic E-state index is 13.6. The minimum absolute atomic E-state index is 0.00529. The molecule has 0 radical (unpaired) electrons. The third kappa shape index (κ3) is 7.58. The van der Waals surface area contributed by atoms with E-state index in [4.69, 9.17) is 5.11 Å². The number of aromatic nitrogens is 1. The molecule has 4 atom stereocenters. The molecule has 43 heavy (non-hydrogen) atoms. The van der Waals surface area contributed by atoms with Crippen LogP contribution in [0.25, 0.3) is 11.6 Å². The molecule has 0 bridgehead atoms. The van der Waals surface area contributed by atoms with Gasteiger partial charge in [0.25, 0.3) is 0 Å². The zero-order chi connectivity index (χ0) is 31.1. The molecule has 230 valence electrons. The molecule has 4 rings (SSSR count). The van der Waals surface area contributed by atoms with Gasteiger partial charge < -0.3 is 20.4 Å². The van der Waals surface area contributed by atoms with Crippen LogP contribution in [0.2, 0.25) is 0 Å². The number of aliphatic carboxylic acids is 1. The van der Waals surface area contributed by atoms with E-state index in [2.05, 4.69) is 4.98 Å². The van der Waals surface area contributed by atoms with Gasteiger partial charge in [0.05, 0.1) is 30.2 Å². The molecule has 0 unspecified atom stereocenters. The number of amides is 2. The zero-order valence-corrected chi connectivity index (χ0v) is 24.9. The minimum atomic E-state index is -0.945. The number of carboxylic acid groups (broad SMARTS) is 1. The van der Waals surface area contributed by atoms with Crippen molar-refractivity contribution in [2.75, 3.05) is 13.2 Å². The van der Waals surface area contributed by atoms with Crippen LogP contribution >= 0.6 is 0 Å². The predicted molar refractivity (Wildman–Crippen MR) is 162 cm³/mol. The normalized spacial score (nSPS) is 21.5. The summed E-state index contributed by atoms with van der Waals surface area (Å²) in [6.45, 7) is 3.87. The Kier molecular flexibility index (Phi) is 10.9. The molecule has 2 aromatic rings. The first-order chi connectivity index (χ1) is 20.6. The Morgan fingerprint density at radius 3 is 2.51 bits per heavy atom. The van der Waals surface area contributed by atoms with E-state index >= 15 is 0 Å². The van der Waals surface area contributed by atoms with Crippen LogP contribution < -0.4 is 0 Å². The van der Waals surface area contributed by atoms with Crippen molar-refractivity contribution in [1.29, 1.82) is 0 Å². The minimum Gasteiger partial charge on any atom is -0.508 e. The number of rotatable bonds is 14. The highest BCUT2D eigenvalue weighted by molar-refractivity contribution is 6.05. The molecule has 2 heterocycles. The standard InChI is InChI=1S/C34H42N2O7/c1-21(2)25-19-26-32(34(43)36(33(26)42)16-7-3-4-12-30(40)41)27(20-37)31(25)29(39)14-13-23(28-11-5-6-15-35-28)17-22-9-8-10-24(38)18-22/h5-6,8-11,15,17-18,21,26-27,29,32,37-39H,3-4,7,12-14,16,19-20H2,1-2H3,(H,40,41)/b23-17-/t26-,27+,29-,32-/m1/s1. The lowest BCUT2D eigenvalue weighted by Gasteiger charge is -2.38. The maximum absolute atomic E-state index is 13.6. The molecule has 2 amide bonds. The van der Waals surface area contributed by atoms with E-state index in [1.54, 1.807) is 24.4 Å². The summed E-state index contributed by atoms with van der Waals surface area (Å²) in [5.41, 5.74) is 3.97. The Balaban J connectivity index is 1.56. The number of carboxylic acids is 1. The van der Waals surface area contributed by atoms with Crippen LogP contribution in [-0.4, -0.2) is 67.3 Å². The number of aliphatic hydroxyl groups excluding tert-OH is 2. The summed E-state index contributed by atoms with van der Waals surface area (Å²) >= 11 is 0. The largest absolute Gasteiger partial charge is 0.508 e. The molecule has 1 aromatic carbocycles. The number of likely N-dealkylation sites (tertiary alicyclic amines) is 1. The van der Waals surface area contributed by atoms with Gasteiger partial charge in [-0.1, -0.05) is 44.0 Å². The highest BCUT2D eigenvalue weighted by Crippen LogP contribution is 2.48. The molecule has 1 aliphatic carbocycles. The maximum Gasteiger partial charge on any atom is 0.303 e. The van der Waals surface area contributed by atoms with Crippen LogP contribution in [0.15, 0.2) is 59.8 Å². The lowest BCUT2D eigenvalue weighted by molar-refractivity contribution is -0.141. The van der Waals surface area contributed by atoms with E-state index in [0.29, 0.717) is 44.1 Å². The highest BCUT2D eigenvalue weighted by atomic mass is 16.4. The van der Waals surface area contributed by atoms with Crippen LogP contribution in [0.1, 0.15) is 70.1 Å². The van der Waals surface area contributed by atoms with Gasteiger partial charge in [-0.25, -0.2) is 0 Å². The second-order valence-corrected chi connectivity index (χ2v) is 11.8. The summed E-state index contributed by atoms with van der Waals surface area (Å²) in [5, 5.41) is 41.1. The number of carbonyl (C=O) groups is 3. The third-order valence-electron chi connectivity index (χ3n) is 8.63. The smallest absolute Gasteiger partial charge is 0.303 e. The van der Waals surface area contributed by atoms with E-state index < -0.39 is 29.8 Å². The number of phenolic OH excluding ortho intramolecular Hbond substituents is 1. The fraction of sp³-hybridized carbons (Fsp3) is 0.471. The number of imide groups is 1. The van der Waals surface area contributed by atoms with Crippen molar-refractivity contribution < 1.29 is 34.8 Å². The summed E-state index contributed by atoms with van der Waals surface area (Å²) in [7, 11) is 0. The van der Waals surface area contributed by atoms with Crippen molar-refractivity contribution in [3.63, 3.8) is 0 Å². The molecule has 1 aromatic heterocycles. The van der Waals surface area contributed by atoms with Gasteiger partial charge in [0.2, 0.25) is 11.8 Å². The monoisotopic (exact) mass is 590 g/mol. The van der Waals surface area contributed by atoms with Gasteiger partial charge >= 0.3 is 5.97 Å². The van der Waals surface area contributed by atoms with Crippen LogP contribution in [-0.2, 0) is 14.4 Å². The number of aromatic hydroxyl groups is 1. The van der Waals surface area contributed by atoms with E-state index in [1.807, 2.05) is 44.2 Å². The molecule has 0 spiro atoms. The van der Waals surface area contributed by atoms with E-state index in [1.165, 1.54) is 4.90 Å². The number of aliphatic hydroxyl groups is 2. The Labute approximate surface area is 252 Å². The molecule has 4 N–H and O–H groups in total. The van der Waals surface area contributed by atoms with Crippen LogP contribution in [0.4, 0.5) is 0 Å². The number of allylic oxidation sites excluding steroid dienone is 2. The van der Waals surface area contributed by atoms with Gasteiger partial charge in [-0.2, -0.15) is 0 Å². The number of benzene rings is 1. The Bertz CT molecular complexity index is 1370. The third-order valence-corrected chi connectivity index (χ3v) is 8.63. The fourth-order valence-electron chi connectivity index (χ4n) is 6.54. The van der Waals surface area contributed by atoms with Gasteiger partial charge in [0.1, 0.15) is 5.75 Å². The first kappa shape index (κ1) is 32.1. The number of unbranched alkanes of at least 4 members (excludes halogenated alkanes) is 2. The van der Waals surface area contributed by atoms with Crippen LogP contribution in [0, 0.1) is 23.7 Å². The first-order valence-corrected chi connectivity index (χ1v) is 15.1. The van der Waals surface area contributed by atoms with Crippen molar-refractivity contribution in [3.05, 3.63) is 71.1 Å². The van der Waals surface area contributed by atoms with E-state index in [-0.39, 0.29) is 43.1 Å². The molecular formula is C34H42N2O7. The Hall–Kier alpha value is -3.82. The second-order valence-electron chi connectivity index (χ2n) is 11.8. The van der Waals surface area contributed by atoms with Crippen molar-refractivity contribution in [2.45, 2.75) is 64.9 Å². The molecule has 9 heteroatoms. The van der Waals surface area contributed by atoms with Crippen molar-refractivity contribution in [2.24, 2.45) is 23.7 Å². The molecule has 0 saturated carbocycles. The topological polar surface area (TPSA) is 148 Å². The summed E-state index contributed by atoms with van der Waals surface area (Å²) in [5.74, 6) is -3.27. The van der Waals surface area contributed by atoms with Crippen molar-refractivity contribution in [1.82, 2.24) is 9.88 Å². The number of hydrogen-bond acceptors (Lipinski definition) is 7. The lowest BCUT2D eigenvalue weighted by atomic mass is 9.66. The van der Waals surface area contributed by atoms with Gasteiger partial charge in [-0.05, 0) is 85.1 Å². The fourth-order valence-corrected chi connectivity index (χ4v) is 6.54. The van der Waals surface area contributed by atoms with Gasteiger partial charge in [0.15, 0.2) is 0 Å². The average molecular weight is 591 g/mol. The van der Waals surface area contributed by atoms with Crippen LogP contribution in [0.3, 0.4) is 0 Å². The van der Waals surface area contributed by atoms with Crippen LogP contribution in [0.5, 0.6) is 5.75 Å². The number of carbonyl (C=O) groups excluding carboxylic acids is 2. The quantitative estimate of drug-likeness (QED) is 0.141. The molecule has 1 aliphatic heterocycles. The summed E-state index contributed by atoms with van der Waals surface area (Å²) in [4.78, 5) is 43.6. The molecule has 9 nitrogen and oxygen atoms in total.